The maximum Gasteiger partial charge on any atom is 0.297 e. The van der Waals surface area contributed by atoms with Crippen LogP contribution in [0.25, 0.3) is 11.0 Å². The SMILES string of the molecule is CC(C)c1ccccc1[C@@H]1CCCN1C1CC2(CCN(c3ccc(C(=O)NS(=O)(=O)c4cc5c(c([N+](=O)[O-])c4)NCC(C)(C)O5)c(Oc4cnc5[nH]ccc5c4)c3)CC2)C1. The van der Waals surface area contributed by atoms with Crippen molar-refractivity contribution < 1.29 is 27.6 Å². The number of amides is 1. The Bertz CT molecular complexity index is 2590. The molecule has 1 aliphatic carbocycles. The zero-order valence-corrected chi connectivity index (χ0v) is 35.2. The van der Waals surface area contributed by atoms with E-state index >= 15 is 0 Å². The van der Waals surface area contributed by atoms with Gasteiger partial charge in [-0.3, -0.25) is 19.8 Å². The highest BCUT2D eigenvalue weighted by Gasteiger charge is 2.50. The standard InChI is InChI=1S/C45H51N7O7S/c1-28(2)34-8-5-6-9-35(34)37-10-7-17-51(37)31-24-45(25-31)14-18-50(19-15-45)30-11-12-36(39(21-30)58-32-20-29-13-16-46-42(29)47-26-32)43(53)49-60(56,57)33-22-38(52(54)55)41-40(23-33)59-44(3,4)27-48-41/h5-6,8-9,11-13,16,20-23,26,28,31,37,48H,7,10,14-15,17-19,24-25,27H2,1-4H3,(H,46,47)(H,49,53)/t37-/m0/s1. The molecule has 1 saturated carbocycles. The third-order valence-electron chi connectivity index (χ3n) is 12.9. The third-order valence-corrected chi connectivity index (χ3v) is 14.3. The van der Waals surface area contributed by atoms with Crippen LogP contribution in [0.15, 0.2) is 84.0 Å². The molecule has 3 aliphatic heterocycles. The van der Waals surface area contributed by atoms with E-state index in [1.165, 1.54) is 49.1 Å². The maximum atomic E-state index is 14.0. The highest BCUT2D eigenvalue weighted by Crippen LogP contribution is 2.54. The molecule has 4 aliphatic rings. The molecule has 2 saturated heterocycles. The molecule has 60 heavy (non-hydrogen) atoms. The van der Waals surface area contributed by atoms with Crippen LogP contribution in [0.3, 0.4) is 0 Å². The number of nitro groups is 1. The number of nitrogens with one attached hydrogen (secondary N) is 3. The molecule has 2 aromatic heterocycles. The van der Waals surface area contributed by atoms with Crippen LogP contribution in [0.5, 0.6) is 17.2 Å². The fraction of sp³-hybridized carbons (Fsp3) is 0.422. The first kappa shape index (κ1) is 39.8. The van der Waals surface area contributed by atoms with E-state index in [4.69, 9.17) is 9.47 Å². The molecule has 1 atom stereocenters. The lowest BCUT2D eigenvalue weighted by Gasteiger charge is -2.56. The number of hydrogen-bond acceptors (Lipinski definition) is 11. The average Bonchev–Trinajstić information content (AvgIpc) is 3.89. The molecule has 15 heteroatoms. The highest BCUT2D eigenvalue weighted by atomic mass is 32.2. The first-order chi connectivity index (χ1) is 28.7. The minimum atomic E-state index is -4.62. The van der Waals surface area contributed by atoms with Crippen LogP contribution in [0.4, 0.5) is 17.1 Å². The zero-order valence-electron chi connectivity index (χ0n) is 34.4. The number of H-pyrrole nitrogens is 1. The van der Waals surface area contributed by atoms with Gasteiger partial charge in [-0.25, -0.2) is 18.1 Å². The number of hydrogen-bond donors (Lipinski definition) is 3. The second kappa shape index (κ2) is 15.1. The van der Waals surface area contributed by atoms with Crippen molar-refractivity contribution in [3.05, 3.63) is 106 Å². The number of aromatic nitrogens is 2. The summed E-state index contributed by atoms with van der Waals surface area (Å²) in [5.74, 6) is 0.0511. The number of carbonyl (C=O) groups excluding carboxylic acids is 1. The topological polar surface area (TPSA) is 172 Å². The van der Waals surface area contributed by atoms with Gasteiger partial charge in [0.2, 0.25) is 0 Å². The number of carbonyl (C=O) groups is 1. The molecule has 9 rings (SSSR count). The summed E-state index contributed by atoms with van der Waals surface area (Å²) in [5, 5.41) is 15.8. The van der Waals surface area contributed by atoms with E-state index in [0.29, 0.717) is 34.8 Å². The van der Waals surface area contributed by atoms with Gasteiger partial charge in [-0.2, -0.15) is 0 Å². The number of piperidine rings is 1. The summed E-state index contributed by atoms with van der Waals surface area (Å²) >= 11 is 0. The van der Waals surface area contributed by atoms with Crippen molar-refractivity contribution in [3.63, 3.8) is 0 Å². The Labute approximate surface area is 349 Å². The molecule has 3 aromatic carbocycles. The van der Waals surface area contributed by atoms with Crippen LogP contribution in [0, 0.1) is 15.5 Å². The van der Waals surface area contributed by atoms with Crippen molar-refractivity contribution in [2.75, 3.05) is 36.4 Å². The van der Waals surface area contributed by atoms with E-state index in [1.807, 2.05) is 12.1 Å². The lowest BCUT2D eigenvalue weighted by molar-refractivity contribution is -0.384. The summed E-state index contributed by atoms with van der Waals surface area (Å²) in [5.41, 5.74) is 3.60. The number of rotatable bonds is 10. The van der Waals surface area contributed by atoms with Crippen molar-refractivity contribution >= 4 is 44.0 Å². The molecule has 1 amide bonds. The summed E-state index contributed by atoms with van der Waals surface area (Å²) in [6.07, 6.45) is 10.3. The first-order valence-corrected chi connectivity index (χ1v) is 22.3. The van der Waals surface area contributed by atoms with E-state index in [-0.39, 0.29) is 29.3 Å². The van der Waals surface area contributed by atoms with Gasteiger partial charge < -0.3 is 24.7 Å². The Morgan fingerprint density at radius 1 is 1.05 bits per heavy atom. The first-order valence-electron chi connectivity index (χ1n) is 20.8. The van der Waals surface area contributed by atoms with Crippen molar-refractivity contribution in [2.45, 2.75) is 94.7 Å². The van der Waals surface area contributed by atoms with E-state index in [9.17, 15) is 23.3 Å². The Kier molecular flexibility index (Phi) is 10.0. The highest BCUT2D eigenvalue weighted by molar-refractivity contribution is 7.90. The van der Waals surface area contributed by atoms with Crippen molar-refractivity contribution in [1.29, 1.82) is 0 Å². The summed E-state index contributed by atoms with van der Waals surface area (Å²) < 4.78 is 41.9. The Hall–Kier alpha value is -5.67. The van der Waals surface area contributed by atoms with Gasteiger partial charge in [0.1, 0.15) is 22.7 Å². The minimum Gasteiger partial charge on any atom is -0.484 e. The van der Waals surface area contributed by atoms with Crippen LogP contribution in [-0.4, -0.2) is 71.9 Å². The monoisotopic (exact) mass is 833 g/mol. The zero-order chi connectivity index (χ0) is 42.0. The number of aromatic amines is 1. The molecule has 5 heterocycles. The fourth-order valence-corrected chi connectivity index (χ4v) is 10.8. The van der Waals surface area contributed by atoms with Gasteiger partial charge in [0.15, 0.2) is 11.4 Å². The number of nitro benzene ring substituents is 1. The number of benzene rings is 3. The third kappa shape index (κ3) is 7.53. The lowest BCUT2D eigenvalue weighted by Crippen LogP contribution is -2.54. The maximum absolute atomic E-state index is 14.0. The second-order valence-corrected chi connectivity index (χ2v) is 19.5. The van der Waals surface area contributed by atoms with Crippen LogP contribution in [0.1, 0.15) is 99.7 Å². The summed E-state index contributed by atoms with van der Waals surface area (Å²) in [4.78, 5) is 37.4. The molecule has 314 valence electrons. The predicted octanol–water partition coefficient (Wildman–Crippen LogP) is 8.67. The van der Waals surface area contributed by atoms with Crippen LogP contribution < -0.4 is 24.4 Å². The average molecular weight is 834 g/mol. The molecular weight excluding hydrogens is 783 g/mol. The number of sulfonamides is 1. The van der Waals surface area contributed by atoms with E-state index in [2.05, 4.69) is 67.9 Å². The molecule has 0 radical (unpaired) electrons. The predicted molar refractivity (Wildman–Crippen MR) is 230 cm³/mol. The Balaban J connectivity index is 0.936. The molecule has 14 nitrogen and oxygen atoms in total. The van der Waals surface area contributed by atoms with Crippen molar-refractivity contribution in [3.8, 4) is 17.2 Å². The number of anilines is 2. The lowest BCUT2D eigenvalue weighted by atomic mass is 9.59. The second-order valence-electron chi connectivity index (χ2n) is 17.8. The number of nitrogens with zero attached hydrogens (tertiary/aromatic N) is 4. The molecule has 5 aromatic rings. The van der Waals surface area contributed by atoms with Gasteiger partial charge in [-0.1, -0.05) is 38.1 Å². The van der Waals surface area contributed by atoms with Gasteiger partial charge in [0.25, 0.3) is 21.6 Å². The van der Waals surface area contributed by atoms with Gasteiger partial charge in [0, 0.05) is 60.6 Å². The van der Waals surface area contributed by atoms with Crippen LogP contribution in [-0.2, 0) is 10.0 Å². The fourth-order valence-electron chi connectivity index (χ4n) is 9.81. The molecule has 3 N–H and O–H groups in total. The summed E-state index contributed by atoms with van der Waals surface area (Å²) in [6, 6.07) is 21.0. The van der Waals surface area contributed by atoms with E-state index in [1.54, 1.807) is 38.2 Å². The van der Waals surface area contributed by atoms with E-state index < -0.39 is 37.0 Å². The molecular formula is C45H51N7O7S. The van der Waals surface area contributed by atoms with Crippen molar-refractivity contribution in [1.82, 2.24) is 19.6 Å². The van der Waals surface area contributed by atoms with Gasteiger partial charge in [-0.05, 0) is 106 Å². The normalized spacial score (nSPS) is 20.0. The molecule has 3 fully saturated rings. The summed E-state index contributed by atoms with van der Waals surface area (Å²) in [7, 11) is -4.62. The van der Waals surface area contributed by atoms with Crippen LogP contribution >= 0.6 is 0 Å². The van der Waals surface area contributed by atoms with Gasteiger partial charge >= 0.3 is 0 Å². The minimum absolute atomic E-state index is 0.00249. The Morgan fingerprint density at radius 2 is 1.83 bits per heavy atom. The molecule has 0 unspecified atom stereocenters. The van der Waals surface area contributed by atoms with E-state index in [0.717, 1.165) is 49.6 Å². The largest absolute Gasteiger partial charge is 0.484 e. The van der Waals surface area contributed by atoms with Crippen LogP contribution in [0.2, 0.25) is 0 Å². The van der Waals surface area contributed by atoms with Gasteiger partial charge in [-0.15, -0.1) is 0 Å². The summed E-state index contributed by atoms with van der Waals surface area (Å²) in [6.45, 7) is 11.2. The number of fused-ring (bicyclic) bond motifs is 2. The number of pyridine rings is 1. The number of likely N-dealkylation sites (tertiary alicyclic amines) is 1. The number of ether oxygens (including phenoxy) is 2. The molecule has 0 bridgehead atoms. The quantitative estimate of drug-likeness (QED) is 0.0908. The smallest absolute Gasteiger partial charge is 0.297 e. The molecule has 1 spiro atoms. The van der Waals surface area contributed by atoms with Crippen molar-refractivity contribution in [2.24, 2.45) is 5.41 Å². The van der Waals surface area contributed by atoms with Gasteiger partial charge in [0.05, 0.1) is 28.1 Å². The Morgan fingerprint density at radius 3 is 2.60 bits per heavy atom.